The molecule has 1 aromatic carbocycles. The van der Waals surface area contributed by atoms with Gasteiger partial charge in [0.25, 0.3) is 11.8 Å². The monoisotopic (exact) mass is 301 g/mol. The maximum atomic E-state index is 12.4. The molecule has 3 rings (SSSR count). The van der Waals surface area contributed by atoms with Gasteiger partial charge < -0.3 is 5.11 Å². The highest BCUT2D eigenvalue weighted by atomic mass is 32.1. The number of aryl methyl sites for hydroxylation is 1. The number of carboxylic acids is 1. The second-order valence-corrected chi connectivity index (χ2v) is 5.96. The van der Waals surface area contributed by atoms with Gasteiger partial charge in [-0.3, -0.25) is 9.59 Å². The molecule has 0 atom stereocenters. The zero-order chi connectivity index (χ0) is 15.3. The maximum Gasteiger partial charge on any atom is 0.339 e. The average Bonchev–Trinajstić information content (AvgIpc) is 2.87. The Hall–Kier alpha value is -2.47. The fourth-order valence-corrected chi connectivity index (χ4v) is 3.54. The van der Waals surface area contributed by atoms with Crippen LogP contribution in [-0.2, 0) is 0 Å². The first kappa shape index (κ1) is 13.5. The van der Waals surface area contributed by atoms with Crippen LogP contribution in [0.5, 0.6) is 0 Å². The number of amides is 2. The lowest BCUT2D eigenvalue weighted by molar-refractivity contribution is 0.0697. The summed E-state index contributed by atoms with van der Waals surface area (Å²) in [4.78, 5) is 38.0. The summed E-state index contributed by atoms with van der Waals surface area (Å²) in [7, 11) is 0. The minimum Gasteiger partial charge on any atom is -0.478 e. The van der Waals surface area contributed by atoms with Gasteiger partial charge in [-0.05, 0) is 31.5 Å². The van der Waals surface area contributed by atoms with Gasteiger partial charge in [-0.1, -0.05) is 12.1 Å². The van der Waals surface area contributed by atoms with Crippen molar-refractivity contribution >= 4 is 34.1 Å². The number of anilines is 1. The Bertz CT molecular complexity index is 771. The van der Waals surface area contributed by atoms with E-state index in [1.165, 1.54) is 0 Å². The summed E-state index contributed by atoms with van der Waals surface area (Å²) in [5, 5.41) is 9.55. The second-order valence-electron chi connectivity index (χ2n) is 4.76. The summed E-state index contributed by atoms with van der Waals surface area (Å²) >= 11 is 1.15. The number of carbonyl (C=O) groups is 3. The van der Waals surface area contributed by atoms with E-state index in [9.17, 15) is 19.5 Å². The van der Waals surface area contributed by atoms with Crippen molar-refractivity contribution in [2.75, 3.05) is 4.90 Å². The predicted octanol–water partition coefficient (Wildman–Crippen LogP) is 2.86. The third-order valence-corrected chi connectivity index (χ3v) is 4.77. The number of carboxylic acid groups (broad SMARTS) is 1. The van der Waals surface area contributed by atoms with Crippen LogP contribution in [0.25, 0.3) is 0 Å². The van der Waals surface area contributed by atoms with Gasteiger partial charge in [0.15, 0.2) is 0 Å². The molecule has 6 heteroatoms. The molecule has 21 heavy (non-hydrogen) atoms. The van der Waals surface area contributed by atoms with E-state index < -0.39 is 17.8 Å². The molecular weight excluding hydrogens is 290 g/mol. The molecule has 0 bridgehead atoms. The van der Waals surface area contributed by atoms with Gasteiger partial charge in [0.2, 0.25) is 0 Å². The number of carbonyl (C=O) groups excluding carboxylic acids is 2. The Morgan fingerprint density at radius 3 is 2.10 bits per heavy atom. The SMILES string of the molecule is Cc1sc(N2C(=O)c3ccccc3C2=O)c(C(=O)O)c1C. The Labute approximate surface area is 124 Å². The lowest BCUT2D eigenvalue weighted by atomic mass is 10.1. The van der Waals surface area contributed by atoms with E-state index in [0.717, 1.165) is 21.1 Å². The molecule has 0 saturated heterocycles. The molecule has 106 valence electrons. The topological polar surface area (TPSA) is 74.7 Å². The number of imide groups is 1. The summed E-state index contributed by atoms with van der Waals surface area (Å²) in [6, 6.07) is 6.50. The minimum absolute atomic E-state index is 0.0204. The van der Waals surface area contributed by atoms with Crippen molar-refractivity contribution in [3.8, 4) is 0 Å². The number of thiophene rings is 1. The van der Waals surface area contributed by atoms with Crippen molar-refractivity contribution in [1.82, 2.24) is 0 Å². The minimum atomic E-state index is -1.14. The molecule has 1 aliphatic heterocycles. The first-order chi connectivity index (χ1) is 9.93. The van der Waals surface area contributed by atoms with E-state index >= 15 is 0 Å². The molecule has 1 N–H and O–H groups in total. The second kappa shape index (κ2) is 4.53. The van der Waals surface area contributed by atoms with E-state index in [2.05, 4.69) is 0 Å². The number of hydrogen-bond acceptors (Lipinski definition) is 4. The highest BCUT2D eigenvalue weighted by molar-refractivity contribution is 7.17. The first-order valence-electron chi connectivity index (χ1n) is 6.24. The van der Waals surface area contributed by atoms with Crippen molar-refractivity contribution in [1.29, 1.82) is 0 Å². The quantitative estimate of drug-likeness (QED) is 0.865. The maximum absolute atomic E-state index is 12.4. The first-order valence-corrected chi connectivity index (χ1v) is 7.06. The van der Waals surface area contributed by atoms with Crippen LogP contribution >= 0.6 is 11.3 Å². The number of aromatic carboxylic acids is 1. The number of rotatable bonds is 2. The van der Waals surface area contributed by atoms with Gasteiger partial charge in [-0.15, -0.1) is 11.3 Å². The van der Waals surface area contributed by atoms with Gasteiger partial charge in [-0.2, -0.15) is 0 Å². The number of nitrogens with zero attached hydrogens (tertiary/aromatic N) is 1. The fraction of sp³-hybridized carbons (Fsp3) is 0.133. The fourth-order valence-electron chi connectivity index (χ4n) is 2.39. The molecular formula is C15H11NO4S. The molecule has 2 aromatic rings. The molecule has 0 radical (unpaired) electrons. The van der Waals surface area contributed by atoms with E-state index in [1.54, 1.807) is 38.1 Å². The van der Waals surface area contributed by atoms with Gasteiger partial charge in [-0.25, -0.2) is 9.69 Å². The molecule has 5 nitrogen and oxygen atoms in total. The highest BCUT2D eigenvalue weighted by Crippen LogP contribution is 2.39. The van der Waals surface area contributed by atoms with Gasteiger partial charge >= 0.3 is 5.97 Å². The van der Waals surface area contributed by atoms with Crippen LogP contribution < -0.4 is 4.90 Å². The van der Waals surface area contributed by atoms with Crippen LogP contribution in [0.4, 0.5) is 5.00 Å². The van der Waals surface area contributed by atoms with Crippen molar-refractivity contribution in [2.45, 2.75) is 13.8 Å². The largest absolute Gasteiger partial charge is 0.478 e. The zero-order valence-electron chi connectivity index (χ0n) is 11.3. The highest BCUT2D eigenvalue weighted by Gasteiger charge is 2.39. The smallest absolute Gasteiger partial charge is 0.339 e. The van der Waals surface area contributed by atoms with Crippen molar-refractivity contribution in [2.24, 2.45) is 0 Å². The summed E-state index contributed by atoms with van der Waals surface area (Å²) < 4.78 is 0. The summed E-state index contributed by atoms with van der Waals surface area (Å²) in [6.45, 7) is 3.45. The number of hydrogen-bond donors (Lipinski definition) is 1. The summed E-state index contributed by atoms with van der Waals surface area (Å²) in [6.07, 6.45) is 0. The van der Waals surface area contributed by atoms with Crippen LogP contribution in [-0.4, -0.2) is 22.9 Å². The normalized spacial score (nSPS) is 13.7. The summed E-state index contributed by atoms with van der Waals surface area (Å²) in [5.74, 6) is -2.08. The average molecular weight is 301 g/mol. The van der Waals surface area contributed by atoms with Gasteiger partial charge in [0, 0.05) is 4.88 Å². The standard InChI is InChI=1S/C15H11NO4S/c1-7-8(2)21-14(11(7)15(19)20)16-12(17)9-5-3-4-6-10(9)13(16)18/h3-6H,1-2H3,(H,19,20). The molecule has 0 fully saturated rings. The zero-order valence-corrected chi connectivity index (χ0v) is 12.2. The van der Waals surface area contributed by atoms with E-state index in [4.69, 9.17) is 0 Å². The molecule has 1 aromatic heterocycles. The van der Waals surface area contributed by atoms with Crippen LogP contribution in [0.15, 0.2) is 24.3 Å². The Balaban J connectivity index is 2.20. The lowest BCUT2D eigenvalue weighted by Crippen LogP contribution is -2.30. The van der Waals surface area contributed by atoms with E-state index in [-0.39, 0.29) is 10.6 Å². The molecule has 1 aliphatic rings. The molecule has 0 spiro atoms. The van der Waals surface area contributed by atoms with Crippen molar-refractivity contribution < 1.29 is 19.5 Å². The predicted molar refractivity (Wildman–Crippen MR) is 78.3 cm³/mol. The number of fused-ring (bicyclic) bond motifs is 1. The molecule has 2 amide bonds. The molecule has 2 heterocycles. The third-order valence-electron chi connectivity index (χ3n) is 3.58. The summed E-state index contributed by atoms with van der Waals surface area (Å²) in [5.41, 5.74) is 1.22. The van der Waals surface area contributed by atoms with Crippen LogP contribution in [0.3, 0.4) is 0 Å². The Morgan fingerprint density at radius 1 is 1.10 bits per heavy atom. The Kier molecular flexibility index (Phi) is 2.91. The molecule has 0 saturated carbocycles. The Morgan fingerprint density at radius 2 is 1.62 bits per heavy atom. The molecule has 0 unspecified atom stereocenters. The van der Waals surface area contributed by atoms with E-state index in [0.29, 0.717) is 16.7 Å². The van der Waals surface area contributed by atoms with Crippen molar-refractivity contribution in [3.63, 3.8) is 0 Å². The van der Waals surface area contributed by atoms with Crippen LogP contribution in [0.1, 0.15) is 41.5 Å². The van der Waals surface area contributed by atoms with Crippen LogP contribution in [0.2, 0.25) is 0 Å². The molecule has 0 aliphatic carbocycles. The third kappa shape index (κ3) is 1.80. The van der Waals surface area contributed by atoms with Gasteiger partial charge in [0.1, 0.15) is 5.00 Å². The van der Waals surface area contributed by atoms with E-state index in [1.807, 2.05) is 0 Å². The number of benzene rings is 1. The van der Waals surface area contributed by atoms with Crippen molar-refractivity contribution in [3.05, 3.63) is 51.4 Å². The van der Waals surface area contributed by atoms with Gasteiger partial charge in [0.05, 0.1) is 16.7 Å². The lowest BCUT2D eigenvalue weighted by Gasteiger charge is -2.12. The van der Waals surface area contributed by atoms with Crippen LogP contribution in [0, 0.1) is 13.8 Å².